The number of benzene rings is 1. The normalized spacial score (nSPS) is 22.2. The van der Waals surface area contributed by atoms with Crippen LogP contribution in [0, 0.1) is 0 Å². The number of thioether (sulfide) groups is 1. The molecule has 1 aliphatic carbocycles. The molecule has 0 bridgehead atoms. The molecule has 0 aromatic heterocycles. The fourth-order valence-electron chi connectivity index (χ4n) is 2.67. The van der Waals surface area contributed by atoms with E-state index in [9.17, 15) is 4.79 Å². The summed E-state index contributed by atoms with van der Waals surface area (Å²) >= 11 is 1.88. The van der Waals surface area contributed by atoms with E-state index in [1.807, 2.05) is 54.0 Å². The average molecular weight is 278 g/mol. The van der Waals surface area contributed by atoms with E-state index in [1.165, 1.54) is 12.8 Å². The zero-order chi connectivity index (χ0) is 13.7. The van der Waals surface area contributed by atoms with Gasteiger partial charge in [-0.3, -0.25) is 0 Å². The Balaban J connectivity index is 1.85. The highest BCUT2D eigenvalue weighted by Crippen LogP contribution is 2.31. The van der Waals surface area contributed by atoms with Gasteiger partial charge in [-0.1, -0.05) is 36.8 Å². The van der Waals surface area contributed by atoms with Crippen molar-refractivity contribution >= 4 is 17.8 Å². The van der Waals surface area contributed by atoms with E-state index in [-0.39, 0.29) is 6.03 Å². The molecule has 1 aromatic rings. The van der Waals surface area contributed by atoms with Gasteiger partial charge in [0.05, 0.1) is 0 Å². The summed E-state index contributed by atoms with van der Waals surface area (Å²) in [5.74, 6) is 0. The summed E-state index contributed by atoms with van der Waals surface area (Å²) in [6, 6.07) is 10.4. The molecule has 1 aromatic carbocycles. The average Bonchev–Trinajstić information content (AvgIpc) is 2.93. The van der Waals surface area contributed by atoms with Crippen molar-refractivity contribution in [3.05, 3.63) is 35.9 Å². The second kappa shape index (κ2) is 6.85. The van der Waals surface area contributed by atoms with E-state index >= 15 is 0 Å². The quantitative estimate of drug-likeness (QED) is 0.918. The highest BCUT2D eigenvalue weighted by molar-refractivity contribution is 7.99. The standard InChI is InChI=1S/C15H22N2OS/c1-17(13-9-6-10-14(13)19-2)15(18)16-11-12-7-4-3-5-8-12/h3-5,7-8,13-14H,6,9-11H2,1-2H3,(H,16,18)/t13-,14+/m0/s1. The van der Waals surface area contributed by atoms with Gasteiger partial charge in [0.15, 0.2) is 0 Å². The van der Waals surface area contributed by atoms with Gasteiger partial charge < -0.3 is 10.2 Å². The zero-order valence-electron chi connectivity index (χ0n) is 11.6. The van der Waals surface area contributed by atoms with Gasteiger partial charge in [0.1, 0.15) is 0 Å². The fourth-order valence-corrected chi connectivity index (χ4v) is 3.71. The van der Waals surface area contributed by atoms with E-state index in [2.05, 4.69) is 11.6 Å². The van der Waals surface area contributed by atoms with Gasteiger partial charge in [0.2, 0.25) is 0 Å². The molecule has 0 spiro atoms. The molecule has 19 heavy (non-hydrogen) atoms. The van der Waals surface area contributed by atoms with Crippen LogP contribution in [-0.2, 0) is 6.54 Å². The third-order valence-electron chi connectivity index (χ3n) is 3.82. The summed E-state index contributed by atoms with van der Waals surface area (Å²) < 4.78 is 0. The predicted molar refractivity (Wildman–Crippen MR) is 81.4 cm³/mol. The lowest BCUT2D eigenvalue weighted by Crippen LogP contribution is -2.45. The number of hydrogen-bond acceptors (Lipinski definition) is 2. The van der Waals surface area contributed by atoms with Crippen LogP contribution in [0.4, 0.5) is 4.79 Å². The molecule has 0 aliphatic heterocycles. The smallest absolute Gasteiger partial charge is 0.317 e. The summed E-state index contributed by atoms with van der Waals surface area (Å²) in [6.07, 6.45) is 5.72. The first-order valence-corrected chi connectivity index (χ1v) is 8.08. The summed E-state index contributed by atoms with van der Waals surface area (Å²) in [7, 11) is 1.92. The number of nitrogens with zero attached hydrogens (tertiary/aromatic N) is 1. The van der Waals surface area contributed by atoms with E-state index in [4.69, 9.17) is 0 Å². The fraction of sp³-hybridized carbons (Fsp3) is 0.533. The molecular weight excluding hydrogens is 256 g/mol. The Hall–Kier alpha value is -1.16. The number of rotatable bonds is 4. The van der Waals surface area contributed by atoms with Crippen molar-refractivity contribution in [3.8, 4) is 0 Å². The van der Waals surface area contributed by atoms with Crippen LogP contribution in [0.25, 0.3) is 0 Å². The number of carbonyl (C=O) groups excluding carboxylic acids is 1. The first kappa shape index (κ1) is 14.3. The number of hydrogen-bond donors (Lipinski definition) is 1. The molecule has 1 saturated carbocycles. The topological polar surface area (TPSA) is 32.3 Å². The van der Waals surface area contributed by atoms with Gasteiger partial charge in [-0.25, -0.2) is 4.79 Å². The molecule has 0 saturated heterocycles. The number of carbonyl (C=O) groups is 1. The van der Waals surface area contributed by atoms with Gasteiger partial charge in [-0.05, 0) is 24.7 Å². The molecule has 2 rings (SSSR count). The molecule has 0 radical (unpaired) electrons. The van der Waals surface area contributed by atoms with Crippen LogP contribution in [0.15, 0.2) is 30.3 Å². The molecular formula is C15H22N2OS. The minimum atomic E-state index is 0.0369. The molecule has 2 amide bonds. The second-order valence-corrected chi connectivity index (χ2v) is 6.10. The van der Waals surface area contributed by atoms with Gasteiger partial charge in [0, 0.05) is 24.9 Å². The first-order chi connectivity index (χ1) is 9.22. The summed E-state index contributed by atoms with van der Waals surface area (Å²) in [5, 5.41) is 3.59. The summed E-state index contributed by atoms with van der Waals surface area (Å²) in [4.78, 5) is 14.1. The van der Waals surface area contributed by atoms with Crippen LogP contribution >= 0.6 is 11.8 Å². The number of nitrogens with one attached hydrogen (secondary N) is 1. The third kappa shape index (κ3) is 3.66. The van der Waals surface area contributed by atoms with Crippen LogP contribution in [0.3, 0.4) is 0 Å². The van der Waals surface area contributed by atoms with Crippen LogP contribution in [0.5, 0.6) is 0 Å². The van der Waals surface area contributed by atoms with E-state index in [1.54, 1.807) is 0 Å². The van der Waals surface area contributed by atoms with Crippen LogP contribution in [0.2, 0.25) is 0 Å². The van der Waals surface area contributed by atoms with Crippen molar-refractivity contribution in [1.82, 2.24) is 10.2 Å². The van der Waals surface area contributed by atoms with Crippen molar-refractivity contribution in [1.29, 1.82) is 0 Å². The van der Waals surface area contributed by atoms with Gasteiger partial charge >= 0.3 is 6.03 Å². The van der Waals surface area contributed by atoms with E-state index < -0.39 is 0 Å². The second-order valence-electron chi connectivity index (χ2n) is 5.03. The van der Waals surface area contributed by atoms with E-state index in [0.29, 0.717) is 17.8 Å². The minimum absolute atomic E-state index is 0.0369. The molecule has 1 fully saturated rings. The third-order valence-corrected chi connectivity index (χ3v) is 4.98. The number of urea groups is 1. The summed E-state index contributed by atoms with van der Waals surface area (Å²) in [5.41, 5.74) is 1.14. The maximum Gasteiger partial charge on any atom is 0.317 e. The van der Waals surface area contributed by atoms with Crippen molar-refractivity contribution in [3.63, 3.8) is 0 Å². The Morgan fingerprint density at radius 2 is 2.11 bits per heavy atom. The molecule has 4 heteroatoms. The Labute approximate surface area is 119 Å². The minimum Gasteiger partial charge on any atom is -0.334 e. The molecule has 3 nitrogen and oxygen atoms in total. The lowest BCUT2D eigenvalue weighted by atomic mass is 10.2. The van der Waals surface area contributed by atoms with Crippen molar-refractivity contribution in [2.24, 2.45) is 0 Å². The summed E-state index contributed by atoms with van der Waals surface area (Å²) in [6.45, 7) is 0.598. The molecule has 0 heterocycles. The van der Waals surface area contributed by atoms with Gasteiger partial charge in [-0.15, -0.1) is 0 Å². The monoisotopic (exact) mass is 278 g/mol. The van der Waals surface area contributed by atoms with Crippen molar-refractivity contribution in [2.75, 3.05) is 13.3 Å². The lowest BCUT2D eigenvalue weighted by molar-refractivity contribution is 0.191. The Morgan fingerprint density at radius 1 is 1.37 bits per heavy atom. The van der Waals surface area contributed by atoms with Crippen LogP contribution in [0.1, 0.15) is 24.8 Å². The maximum atomic E-state index is 12.2. The first-order valence-electron chi connectivity index (χ1n) is 6.79. The Morgan fingerprint density at radius 3 is 2.79 bits per heavy atom. The molecule has 0 unspecified atom stereocenters. The van der Waals surface area contributed by atoms with Gasteiger partial charge in [0.25, 0.3) is 0 Å². The molecule has 2 atom stereocenters. The predicted octanol–water partition coefficient (Wildman–Crippen LogP) is 3.11. The lowest BCUT2D eigenvalue weighted by Gasteiger charge is -2.29. The zero-order valence-corrected chi connectivity index (χ0v) is 12.5. The molecule has 1 aliphatic rings. The Kier molecular flexibility index (Phi) is 5.14. The molecule has 1 N–H and O–H groups in total. The van der Waals surface area contributed by atoms with Crippen LogP contribution in [-0.4, -0.2) is 35.5 Å². The number of amides is 2. The van der Waals surface area contributed by atoms with Crippen LogP contribution < -0.4 is 5.32 Å². The Bertz CT molecular complexity index is 410. The highest BCUT2D eigenvalue weighted by atomic mass is 32.2. The SMILES string of the molecule is CS[C@@H]1CCC[C@@H]1N(C)C(=O)NCc1ccccc1. The van der Waals surface area contributed by atoms with E-state index in [0.717, 1.165) is 12.0 Å². The van der Waals surface area contributed by atoms with Gasteiger partial charge in [-0.2, -0.15) is 11.8 Å². The maximum absolute atomic E-state index is 12.2. The highest BCUT2D eigenvalue weighted by Gasteiger charge is 2.31. The molecule has 104 valence electrons. The van der Waals surface area contributed by atoms with Crippen molar-refractivity contribution in [2.45, 2.75) is 37.1 Å². The largest absolute Gasteiger partial charge is 0.334 e. The van der Waals surface area contributed by atoms with Crippen molar-refractivity contribution < 1.29 is 4.79 Å².